The fourth-order valence-electron chi connectivity index (χ4n) is 2.03. The van der Waals surface area contributed by atoms with E-state index in [2.05, 4.69) is 9.97 Å². The third-order valence-corrected chi connectivity index (χ3v) is 4.01. The SMILES string of the molecule is CS(=O)(=O)CCCCc1ccc2nc(CO)[nH]c2c1. The number of aliphatic hydroxyl groups excluding tert-OH is 1. The Bertz CT molecular complexity index is 662. The number of rotatable bonds is 6. The van der Waals surface area contributed by atoms with Crippen LogP contribution in [0.4, 0.5) is 0 Å². The molecule has 0 radical (unpaired) electrons. The number of nitrogens with zero attached hydrogens (tertiary/aromatic N) is 1. The zero-order valence-corrected chi connectivity index (χ0v) is 11.7. The predicted molar refractivity (Wildman–Crippen MR) is 74.7 cm³/mol. The topological polar surface area (TPSA) is 83.1 Å². The van der Waals surface area contributed by atoms with Crippen molar-refractivity contribution in [3.63, 3.8) is 0 Å². The van der Waals surface area contributed by atoms with Crippen LogP contribution in [-0.2, 0) is 22.9 Å². The lowest BCUT2D eigenvalue weighted by Gasteiger charge is -2.01. The summed E-state index contributed by atoms with van der Waals surface area (Å²) in [7, 11) is -2.86. The number of imidazole rings is 1. The van der Waals surface area contributed by atoms with Crippen LogP contribution in [0.15, 0.2) is 18.2 Å². The normalized spacial score (nSPS) is 12.1. The van der Waals surface area contributed by atoms with Gasteiger partial charge in [-0.1, -0.05) is 6.07 Å². The molecule has 0 aliphatic carbocycles. The highest BCUT2D eigenvalue weighted by Crippen LogP contribution is 2.15. The lowest BCUT2D eigenvalue weighted by atomic mass is 10.1. The fourth-order valence-corrected chi connectivity index (χ4v) is 2.76. The van der Waals surface area contributed by atoms with Crippen molar-refractivity contribution < 1.29 is 13.5 Å². The number of fused-ring (bicyclic) bond motifs is 1. The van der Waals surface area contributed by atoms with Gasteiger partial charge in [-0.15, -0.1) is 0 Å². The molecule has 0 spiro atoms. The first kappa shape index (κ1) is 14.0. The number of sulfone groups is 1. The number of unbranched alkanes of at least 4 members (excludes halogenated alkanes) is 1. The van der Waals surface area contributed by atoms with Crippen LogP contribution in [0.3, 0.4) is 0 Å². The molecule has 2 N–H and O–H groups in total. The largest absolute Gasteiger partial charge is 0.388 e. The van der Waals surface area contributed by atoms with Crippen molar-refractivity contribution >= 4 is 20.9 Å². The van der Waals surface area contributed by atoms with Crippen LogP contribution in [-0.4, -0.2) is 35.5 Å². The van der Waals surface area contributed by atoms with Gasteiger partial charge < -0.3 is 10.1 Å². The zero-order valence-electron chi connectivity index (χ0n) is 10.9. The number of H-pyrrole nitrogens is 1. The number of aromatic nitrogens is 2. The molecule has 5 nitrogen and oxygen atoms in total. The van der Waals surface area contributed by atoms with Gasteiger partial charge in [-0.05, 0) is 37.0 Å². The van der Waals surface area contributed by atoms with Gasteiger partial charge in [0.2, 0.25) is 0 Å². The number of benzene rings is 1. The van der Waals surface area contributed by atoms with Gasteiger partial charge >= 0.3 is 0 Å². The maximum absolute atomic E-state index is 11.0. The zero-order chi connectivity index (χ0) is 13.9. The van der Waals surface area contributed by atoms with E-state index in [0.29, 0.717) is 12.2 Å². The maximum atomic E-state index is 11.0. The smallest absolute Gasteiger partial charge is 0.147 e. The van der Waals surface area contributed by atoms with Crippen LogP contribution in [0, 0.1) is 0 Å². The van der Waals surface area contributed by atoms with Crippen molar-refractivity contribution in [1.29, 1.82) is 0 Å². The van der Waals surface area contributed by atoms with Gasteiger partial charge in [0.15, 0.2) is 0 Å². The summed E-state index contributed by atoms with van der Waals surface area (Å²) in [6.07, 6.45) is 3.64. The molecule has 0 saturated carbocycles. The van der Waals surface area contributed by atoms with E-state index in [9.17, 15) is 8.42 Å². The molecule has 1 heterocycles. The van der Waals surface area contributed by atoms with Crippen molar-refractivity contribution in [2.75, 3.05) is 12.0 Å². The molecule has 0 aliphatic rings. The van der Waals surface area contributed by atoms with Crippen molar-refractivity contribution in [2.24, 2.45) is 0 Å². The van der Waals surface area contributed by atoms with Crippen LogP contribution < -0.4 is 0 Å². The first-order chi connectivity index (χ1) is 8.98. The summed E-state index contributed by atoms with van der Waals surface area (Å²) in [6, 6.07) is 5.91. The van der Waals surface area contributed by atoms with E-state index >= 15 is 0 Å². The Balaban J connectivity index is 1.97. The van der Waals surface area contributed by atoms with Crippen molar-refractivity contribution in [3.8, 4) is 0 Å². The Kier molecular flexibility index (Phi) is 4.21. The second-order valence-electron chi connectivity index (χ2n) is 4.78. The standard InChI is InChI=1S/C13H18N2O3S/c1-19(17,18)7-3-2-4-10-5-6-11-12(8-10)15-13(9-16)14-11/h5-6,8,16H,2-4,7,9H2,1H3,(H,14,15). The number of hydrogen-bond donors (Lipinski definition) is 2. The van der Waals surface area contributed by atoms with Gasteiger partial charge in [-0.2, -0.15) is 0 Å². The molecule has 2 aromatic rings. The number of aliphatic hydroxyl groups is 1. The summed E-state index contributed by atoms with van der Waals surface area (Å²) >= 11 is 0. The third-order valence-electron chi connectivity index (χ3n) is 2.98. The van der Waals surface area contributed by atoms with E-state index in [-0.39, 0.29) is 12.4 Å². The first-order valence-corrected chi connectivity index (χ1v) is 8.30. The average molecular weight is 282 g/mol. The second-order valence-corrected chi connectivity index (χ2v) is 7.04. The Morgan fingerprint density at radius 1 is 1.32 bits per heavy atom. The predicted octanol–water partition coefficient (Wildman–Crippen LogP) is 1.42. The number of aromatic amines is 1. The van der Waals surface area contributed by atoms with Crippen LogP contribution in [0.1, 0.15) is 24.2 Å². The van der Waals surface area contributed by atoms with Crippen molar-refractivity contribution in [3.05, 3.63) is 29.6 Å². The fraction of sp³-hybridized carbons (Fsp3) is 0.462. The van der Waals surface area contributed by atoms with Gasteiger partial charge in [-0.25, -0.2) is 13.4 Å². The monoisotopic (exact) mass is 282 g/mol. The summed E-state index contributed by atoms with van der Waals surface area (Å²) in [5.74, 6) is 0.803. The Morgan fingerprint density at radius 3 is 2.79 bits per heavy atom. The highest BCUT2D eigenvalue weighted by molar-refractivity contribution is 7.90. The van der Waals surface area contributed by atoms with Crippen LogP contribution in [0.5, 0.6) is 0 Å². The molecule has 0 atom stereocenters. The van der Waals surface area contributed by atoms with E-state index in [1.165, 1.54) is 6.26 Å². The molecule has 0 unspecified atom stereocenters. The van der Waals surface area contributed by atoms with Crippen LogP contribution in [0.25, 0.3) is 11.0 Å². The summed E-state index contributed by atoms with van der Waals surface area (Å²) in [4.78, 5) is 7.26. The minimum atomic E-state index is -2.86. The Hall–Kier alpha value is -1.40. The highest BCUT2D eigenvalue weighted by Gasteiger charge is 2.04. The lowest BCUT2D eigenvalue weighted by Crippen LogP contribution is -2.03. The molecule has 2 rings (SSSR count). The number of nitrogens with one attached hydrogen (secondary N) is 1. The van der Waals surface area contributed by atoms with E-state index in [4.69, 9.17) is 5.11 Å². The summed E-state index contributed by atoms with van der Waals surface area (Å²) in [5, 5.41) is 9.01. The molecule has 0 saturated heterocycles. The molecule has 0 fully saturated rings. The number of hydrogen-bond acceptors (Lipinski definition) is 4. The summed E-state index contributed by atoms with van der Waals surface area (Å²) in [6.45, 7) is -0.0988. The van der Waals surface area contributed by atoms with Gasteiger partial charge in [0.05, 0.1) is 11.0 Å². The van der Waals surface area contributed by atoms with Crippen molar-refractivity contribution in [2.45, 2.75) is 25.9 Å². The van der Waals surface area contributed by atoms with Gasteiger partial charge in [-0.3, -0.25) is 0 Å². The maximum Gasteiger partial charge on any atom is 0.147 e. The molecule has 0 aliphatic heterocycles. The minimum Gasteiger partial charge on any atom is -0.388 e. The lowest BCUT2D eigenvalue weighted by molar-refractivity contribution is 0.273. The average Bonchev–Trinajstić information content (AvgIpc) is 2.75. The Labute approximate surface area is 112 Å². The molecule has 1 aromatic carbocycles. The van der Waals surface area contributed by atoms with Gasteiger partial charge in [0.25, 0.3) is 0 Å². The summed E-state index contributed by atoms with van der Waals surface area (Å²) in [5.41, 5.74) is 2.89. The van der Waals surface area contributed by atoms with E-state index in [1.54, 1.807) is 0 Å². The third kappa shape index (κ3) is 4.04. The molecule has 104 valence electrons. The number of aryl methyl sites for hydroxylation is 1. The Morgan fingerprint density at radius 2 is 2.11 bits per heavy atom. The van der Waals surface area contributed by atoms with Gasteiger partial charge in [0.1, 0.15) is 22.3 Å². The molecule has 19 heavy (non-hydrogen) atoms. The molecule has 6 heteroatoms. The molecular weight excluding hydrogens is 264 g/mol. The quantitative estimate of drug-likeness (QED) is 0.785. The molecular formula is C13H18N2O3S. The van der Waals surface area contributed by atoms with E-state index < -0.39 is 9.84 Å². The molecule has 1 aromatic heterocycles. The van der Waals surface area contributed by atoms with Crippen LogP contribution >= 0.6 is 0 Å². The second kappa shape index (κ2) is 5.71. The molecule has 0 bridgehead atoms. The van der Waals surface area contributed by atoms with E-state index in [0.717, 1.165) is 29.4 Å². The first-order valence-electron chi connectivity index (χ1n) is 6.24. The highest BCUT2D eigenvalue weighted by atomic mass is 32.2. The van der Waals surface area contributed by atoms with E-state index in [1.807, 2.05) is 18.2 Å². The molecule has 0 amide bonds. The van der Waals surface area contributed by atoms with Crippen molar-refractivity contribution in [1.82, 2.24) is 9.97 Å². The minimum absolute atomic E-state index is 0.0988. The van der Waals surface area contributed by atoms with Crippen LogP contribution in [0.2, 0.25) is 0 Å². The summed E-state index contributed by atoms with van der Waals surface area (Å²) < 4.78 is 22.0. The van der Waals surface area contributed by atoms with Gasteiger partial charge in [0, 0.05) is 12.0 Å².